The van der Waals surface area contributed by atoms with E-state index in [1.807, 2.05) is 23.1 Å². The van der Waals surface area contributed by atoms with Gasteiger partial charge in [-0.2, -0.15) is 0 Å². The van der Waals surface area contributed by atoms with Gasteiger partial charge in [-0.1, -0.05) is 6.07 Å². The van der Waals surface area contributed by atoms with Crippen LogP contribution in [0.3, 0.4) is 0 Å². The van der Waals surface area contributed by atoms with Crippen LogP contribution in [0, 0.1) is 5.92 Å². The fourth-order valence-corrected chi connectivity index (χ4v) is 2.91. The molecule has 0 aromatic carbocycles. The summed E-state index contributed by atoms with van der Waals surface area (Å²) < 4.78 is 0. The maximum Gasteiger partial charge on any atom is 0.319 e. The molecule has 0 spiro atoms. The summed E-state index contributed by atoms with van der Waals surface area (Å²) in [4.78, 5) is 19.8. The summed E-state index contributed by atoms with van der Waals surface area (Å²) in [6.07, 6.45) is 4.49. The molecule has 1 fully saturated rings. The number of piperidine rings is 1. The lowest BCUT2D eigenvalue weighted by Crippen LogP contribution is -2.48. The largest absolute Gasteiger partial charge is 0.396 e. The summed E-state index contributed by atoms with van der Waals surface area (Å²) in [5.74, 6) is 0.173. The number of aliphatic hydroxyl groups is 1. The monoisotopic (exact) mass is 320 g/mol. The third-order valence-electron chi connectivity index (χ3n) is 4.33. The highest BCUT2D eigenvalue weighted by atomic mass is 16.3. The van der Waals surface area contributed by atoms with E-state index in [0.717, 1.165) is 44.6 Å². The Morgan fingerprint density at radius 3 is 2.74 bits per heavy atom. The van der Waals surface area contributed by atoms with Crippen LogP contribution < -0.4 is 5.32 Å². The molecule has 1 aliphatic rings. The number of nitrogens with zero attached hydrogens (tertiary/aromatic N) is 3. The van der Waals surface area contributed by atoms with Gasteiger partial charge in [0.15, 0.2) is 0 Å². The Labute approximate surface area is 138 Å². The van der Waals surface area contributed by atoms with Gasteiger partial charge in [0.1, 0.15) is 0 Å². The van der Waals surface area contributed by atoms with Crippen LogP contribution in [-0.2, 0) is 6.42 Å². The van der Waals surface area contributed by atoms with Crippen LogP contribution in [0.25, 0.3) is 0 Å². The molecule has 1 atom stereocenters. The Bertz CT molecular complexity index is 473. The predicted octanol–water partition coefficient (Wildman–Crippen LogP) is 0.968. The SMILES string of the molecule is CN(C)C(=O)N1CCC(NCC(CO)Cc2ccccn2)CC1. The third-order valence-corrected chi connectivity index (χ3v) is 4.33. The second-order valence-electron chi connectivity index (χ2n) is 6.42. The number of rotatable bonds is 6. The Morgan fingerprint density at radius 1 is 1.43 bits per heavy atom. The zero-order chi connectivity index (χ0) is 16.7. The minimum Gasteiger partial charge on any atom is -0.396 e. The maximum atomic E-state index is 11.9. The number of hydrogen-bond donors (Lipinski definition) is 2. The Kier molecular flexibility index (Phi) is 6.80. The molecule has 2 amide bonds. The van der Waals surface area contributed by atoms with Crippen LogP contribution in [0.4, 0.5) is 4.79 Å². The number of pyridine rings is 1. The van der Waals surface area contributed by atoms with Crippen molar-refractivity contribution in [3.63, 3.8) is 0 Å². The standard InChI is InChI=1S/C17H28N4O2/c1-20(2)17(23)21-9-6-15(7-10-21)19-12-14(13-22)11-16-5-3-4-8-18-16/h3-5,8,14-15,19,22H,6-7,9-13H2,1-2H3. The number of urea groups is 1. The van der Waals surface area contributed by atoms with Crippen LogP contribution in [0.15, 0.2) is 24.4 Å². The molecular formula is C17H28N4O2. The average Bonchev–Trinajstić information content (AvgIpc) is 2.59. The minimum absolute atomic E-state index is 0.0897. The number of hydrogen-bond acceptors (Lipinski definition) is 4. The van der Waals surface area contributed by atoms with E-state index in [0.29, 0.717) is 6.04 Å². The summed E-state index contributed by atoms with van der Waals surface area (Å²) in [7, 11) is 3.58. The van der Waals surface area contributed by atoms with Crippen LogP contribution in [0.1, 0.15) is 18.5 Å². The minimum atomic E-state index is 0.0897. The lowest BCUT2D eigenvalue weighted by Gasteiger charge is -2.34. The summed E-state index contributed by atoms with van der Waals surface area (Å²) in [6.45, 7) is 2.51. The van der Waals surface area contributed by atoms with Gasteiger partial charge in [0, 0.05) is 58.3 Å². The Morgan fingerprint density at radius 2 is 2.17 bits per heavy atom. The molecule has 6 nitrogen and oxygen atoms in total. The van der Waals surface area contributed by atoms with E-state index in [1.165, 1.54) is 0 Å². The lowest BCUT2D eigenvalue weighted by atomic mass is 10.0. The van der Waals surface area contributed by atoms with Gasteiger partial charge in [0.05, 0.1) is 0 Å². The van der Waals surface area contributed by atoms with Gasteiger partial charge in [-0.3, -0.25) is 4.98 Å². The zero-order valence-corrected chi connectivity index (χ0v) is 14.1. The first kappa shape index (κ1) is 17.7. The van der Waals surface area contributed by atoms with Gasteiger partial charge < -0.3 is 20.2 Å². The molecule has 0 radical (unpaired) electrons. The molecule has 1 saturated heterocycles. The summed E-state index contributed by atoms with van der Waals surface area (Å²) in [5, 5.41) is 13.1. The van der Waals surface area contributed by atoms with Gasteiger partial charge in [0.2, 0.25) is 0 Å². The number of carbonyl (C=O) groups excluding carboxylic acids is 1. The zero-order valence-electron chi connectivity index (χ0n) is 14.1. The molecule has 2 heterocycles. The van der Waals surface area contributed by atoms with Crippen molar-refractivity contribution in [3.05, 3.63) is 30.1 Å². The molecule has 2 N–H and O–H groups in total. The van der Waals surface area contributed by atoms with Crippen molar-refractivity contribution in [2.24, 2.45) is 5.92 Å². The molecular weight excluding hydrogens is 292 g/mol. The van der Waals surface area contributed by atoms with Crippen molar-refractivity contribution in [2.45, 2.75) is 25.3 Å². The second kappa shape index (κ2) is 8.84. The second-order valence-corrected chi connectivity index (χ2v) is 6.42. The molecule has 1 aliphatic heterocycles. The molecule has 0 bridgehead atoms. The van der Waals surface area contributed by atoms with E-state index in [9.17, 15) is 9.90 Å². The van der Waals surface area contributed by atoms with Gasteiger partial charge in [0.25, 0.3) is 0 Å². The normalized spacial score (nSPS) is 17.1. The summed E-state index contributed by atoms with van der Waals surface area (Å²) >= 11 is 0. The van der Waals surface area contributed by atoms with Crippen LogP contribution in [0.5, 0.6) is 0 Å². The van der Waals surface area contributed by atoms with E-state index in [1.54, 1.807) is 25.2 Å². The van der Waals surface area contributed by atoms with Gasteiger partial charge in [-0.25, -0.2) is 4.79 Å². The van der Waals surface area contributed by atoms with Gasteiger partial charge >= 0.3 is 6.03 Å². The van der Waals surface area contributed by atoms with Crippen molar-refractivity contribution < 1.29 is 9.90 Å². The molecule has 1 unspecified atom stereocenters. The van der Waals surface area contributed by atoms with Crippen molar-refractivity contribution in [2.75, 3.05) is 40.3 Å². The molecule has 0 aliphatic carbocycles. The molecule has 1 aromatic rings. The van der Waals surface area contributed by atoms with E-state index < -0.39 is 0 Å². The van der Waals surface area contributed by atoms with Gasteiger partial charge in [-0.15, -0.1) is 0 Å². The van der Waals surface area contributed by atoms with E-state index in [2.05, 4.69) is 10.3 Å². The van der Waals surface area contributed by atoms with Gasteiger partial charge in [-0.05, 0) is 37.3 Å². The van der Waals surface area contributed by atoms with E-state index >= 15 is 0 Å². The maximum absolute atomic E-state index is 11.9. The predicted molar refractivity (Wildman–Crippen MR) is 90.2 cm³/mol. The quantitative estimate of drug-likeness (QED) is 0.819. The highest BCUT2D eigenvalue weighted by Gasteiger charge is 2.24. The number of aromatic nitrogens is 1. The van der Waals surface area contributed by atoms with Crippen molar-refractivity contribution in [3.8, 4) is 0 Å². The lowest BCUT2D eigenvalue weighted by molar-refractivity contribution is 0.149. The number of amides is 2. The average molecular weight is 320 g/mol. The topological polar surface area (TPSA) is 68.7 Å². The third kappa shape index (κ3) is 5.48. The van der Waals surface area contributed by atoms with Crippen molar-refractivity contribution in [1.29, 1.82) is 0 Å². The molecule has 23 heavy (non-hydrogen) atoms. The van der Waals surface area contributed by atoms with Crippen molar-refractivity contribution >= 4 is 6.03 Å². The smallest absolute Gasteiger partial charge is 0.319 e. The highest BCUT2D eigenvalue weighted by Crippen LogP contribution is 2.13. The number of likely N-dealkylation sites (tertiary alicyclic amines) is 1. The number of nitrogens with one attached hydrogen (secondary N) is 1. The van der Waals surface area contributed by atoms with E-state index in [-0.39, 0.29) is 18.6 Å². The molecule has 128 valence electrons. The van der Waals surface area contributed by atoms with Crippen molar-refractivity contribution in [1.82, 2.24) is 20.1 Å². The van der Waals surface area contributed by atoms with Crippen LogP contribution >= 0.6 is 0 Å². The Balaban J connectivity index is 1.72. The molecule has 6 heteroatoms. The summed E-state index contributed by atoms with van der Waals surface area (Å²) in [5.41, 5.74) is 1.01. The fraction of sp³-hybridized carbons (Fsp3) is 0.647. The highest BCUT2D eigenvalue weighted by molar-refractivity contribution is 5.73. The van der Waals surface area contributed by atoms with Crippen LogP contribution in [-0.4, -0.2) is 72.3 Å². The molecule has 0 saturated carbocycles. The number of carbonyl (C=O) groups is 1. The first-order valence-electron chi connectivity index (χ1n) is 8.30. The van der Waals surface area contributed by atoms with E-state index in [4.69, 9.17) is 0 Å². The fourth-order valence-electron chi connectivity index (χ4n) is 2.91. The van der Waals surface area contributed by atoms with Crippen LogP contribution in [0.2, 0.25) is 0 Å². The first-order chi connectivity index (χ1) is 11.1. The molecule has 1 aromatic heterocycles. The molecule has 2 rings (SSSR count). The summed E-state index contributed by atoms with van der Waals surface area (Å²) in [6, 6.07) is 6.37. The first-order valence-corrected chi connectivity index (χ1v) is 8.30. The Hall–Kier alpha value is -1.66. The number of aliphatic hydroxyl groups excluding tert-OH is 1.